The molecule has 0 bridgehead atoms. The molecule has 146 valence electrons. The van der Waals surface area contributed by atoms with Crippen molar-refractivity contribution in [1.29, 1.82) is 0 Å². The summed E-state index contributed by atoms with van der Waals surface area (Å²) in [6, 6.07) is 15.3. The van der Waals surface area contributed by atoms with Gasteiger partial charge in [0, 0.05) is 18.1 Å². The van der Waals surface area contributed by atoms with Crippen LogP contribution in [0.1, 0.15) is 19.4 Å². The van der Waals surface area contributed by atoms with E-state index < -0.39 is 6.04 Å². The van der Waals surface area contributed by atoms with Gasteiger partial charge in [-0.15, -0.1) is 0 Å². The fourth-order valence-electron chi connectivity index (χ4n) is 2.77. The minimum atomic E-state index is -0.462. The summed E-state index contributed by atoms with van der Waals surface area (Å²) in [6.45, 7) is 3.64. The van der Waals surface area contributed by atoms with Gasteiger partial charge < -0.3 is 9.88 Å². The van der Waals surface area contributed by atoms with Crippen LogP contribution >= 0.6 is 11.3 Å². The Hall–Kier alpha value is -3.52. The molecule has 0 saturated heterocycles. The topological polar surface area (TPSA) is 84.2 Å². The van der Waals surface area contributed by atoms with E-state index in [0.29, 0.717) is 5.13 Å². The average Bonchev–Trinajstić information content (AvgIpc) is 3.41. The molecule has 0 aliphatic carbocycles. The van der Waals surface area contributed by atoms with Crippen LogP contribution < -0.4 is 10.7 Å². The summed E-state index contributed by atoms with van der Waals surface area (Å²) >= 11 is 1.52. The number of amides is 1. The third kappa shape index (κ3) is 4.33. The van der Waals surface area contributed by atoms with Crippen LogP contribution in [0.5, 0.6) is 0 Å². The Morgan fingerprint density at radius 1 is 1.17 bits per heavy atom. The van der Waals surface area contributed by atoms with Gasteiger partial charge in [0.2, 0.25) is 0 Å². The molecule has 2 heterocycles. The smallest absolute Gasteiger partial charge is 0.262 e. The van der Waals surface area contributed by atoms with Gasteiger partial charge in [0.25, 0.3) is 5.91 Å². The maximum absolute atomic E-state index is 12.4. The minimum absolute atomic E-state index is 0.223. The van der Waals surface area contributed by atoms with Crippen LogP contribution in [0.3, 0.4) is 0 Å². The van der Waals surface area contributed by atoms with E-state index in [1.165, 1.54) is 11.3 Å². The first-order chi connectivity index (χ1) is 14.1. The lowest BCUT2D eigenvalue weighted by Gasteiger charge is -2.11. The highest BCUT2D eigenvalue weighted by molar-refractivity contribution is 7.22. The maximum atomic E-state index is 12.4. The lowest BCUT2D eigenvalue weighted by molar-refractivity contribution is -0.121. The molecular weight excluding hydrogens is 384 g/mol. The molecule has 0 aliphatic heterocycles. The predicted octanol–water partition coefficient (Wildman–Crippen LogP) is 3.82. The Morgan fingerprint density at radius 3 is 2.69 bits per heavy atom. The number of para-hydroxylation sites is 1. The number of rotatable bonds is 6. The van der Waals surface area contributed by atoms with Crippen molar-refractivity contribution < 1.29 is 4.79 Å². The Kier molecular flexibility index (Phi) is 5.35. The zero-order chi connectivity index (χ0) is 20.2. The second kappa shape index (κ2) is 8.24. The second-order valence-corrected chi connectivity index (χ2v) is 7.57. The van der Waals surface area contributed by atoms with Crippen molar-refractivity contribution in [2.45, 2.75) is 19.9 Å². The quantitative estimate of drug-likeness (QED) is 0.378. The van der Waals surface area contributed by atoms with E-state index in [9.17, 15) is 4.79 Å². The van der Waals surface area contributed by atoms with Crippen molar-refractivity contribution >= 4 is 38.3 Å². The molecule has 4 rings (SSSR count). The van der Waals surface area contributed by atoms with E-state index >= 15 is 0 Å². The first-order valence-electron chi connectivity index (χ1n) is 9.15. The molecule has 0 aliphatic rings. The number of thiazole rings is 1. The lowest BCUT2D eigenvalue weighted by atomic mass is 10.1. The van der Waals surface area contributed by atoms with Gasteiger partial charge in [0.1, 0.15) is 6.04 Å². The number of hydrogen-bond donors (Lipinski definition) is 2. The Morgan fingerprint density at radius 2 is 1.97 bits per heavy atom. The van der Waals surface area contributed by atoms with E-state index in [-0.39, 0.29) is 5.91 Å². The zero-order valence-electron chi connectivity index (χ0n) is 16.0. The molecule has 2 aromatic carbocycles. The number of anilines is 1. The van der Waals surface area contributed by atoms with Crippen LogP contribution in [0.15, 0.2) is 72.4 Å². The van der Waals surface area contributed by atoms with E-state index in [1.54, 1.807) is 19.4 Å². The molecule has 0 radical (unpaired) electrons. The number of nitrogens with zero attached hydrogens (tertiary/aromatic N) is 4. The molecule has 4 aromatic rings. The standard InChI is InChI=1S/C21H20N6OS/c1-14(16-7-9-17(10-8-16)27-12-11-22-13-27)25-26-20(28)15(2)23-21-24-18-5-3-4-6-19(18)29-21/h3-13,15H,1-2H3,(H,23,24)(H,26,28)/b25-14-/t15-/m0/s1. The van der Waals surface area contributed by atoms with Gasteiger partial charge in [-0.3, -0.25) is 4.79 Å². The van der Waals surface area contributed by atoms with E-state index in [1.807, 2.05) is 66.2 Å². The summed E-state index contributed by atoms with van der Waals surface area (Å²) in [5.74, 6) is -0.223. The first-order valence-corrected chi connectivity index (χ1v) is 9.97. The molecular formula is C21H20N6OS. The third-order valence-electron chi connectivity index (χ3n) is 4.45. The summed E-state index contributed by atoms with van der Waals surface area (Å²) in [6.07, 6.45) is 5.37. The fourth-order valence-corrected chi connectivity index (χ4v) is 3.72. The summed E-state index contributed by atoms with van der Waals surface area (Å²) in [4.78, 5) is 20.9. The third-order valence-corrected chi connectivity index (χ3v) is 5.42. The monoisotopic (exact) mass is 404 g/mol. The van der Waals surface area contributed by atoms with Gasteiger partial charge in [0.05, 0.1) is 22.3 Å². The van der Waals surface area contributed by atoms with E-state index in [0.717, 1.165) is 27.2 Å². The molecule has 1 atom stereocenters. The fraction of sp³-hybridized carbons (Fsp3) is 0.143. The summed E-state index contributed by atoms with van der Waals surface area (Å²) < 4.78 is 3.00. The number of benzene rings is 2. The molecule has 8 heteroatoms. The van der Waals surface area contributed by atoms with Crippen LogP contribution in [0, 0.1) is 0 Å². The predicted molar refractivity (Wildman–Crippen MR) is 117 cm³/mol. The normalized spacial score (nSPS) is 12.7. The number of nitrogens with one attached hydrogen (secondary N) is 2. The van der Waals surface area contributed by atoms with Gasteiger partial charge in [-0.2, -0.15) is 5.10 Å². The number of carbonyl (C=O) groups excluding carboxylic acids is 1. The molecule has 0 unspecified atom stereocenters. The first kappa shape index (κ1) is 18.8. The highest BCUT2D eigenvalue weighted by Crippen LogP contribution is 2.25. The number of aromatic nitrogens is 3. The molecule has 0 spiro atoms. The average molecular weight is 404 g/mol. The van der Waals surface area contributed by atoms with Crippen LogP contribution in [0.2, 0.25) is 0 Å². The molecule has 2 N–H and O–H groups in total. The van der Waals surface area contributed by atoms with Crippen molar-refractivity contribution in [3.05, 3.63) is 72.8 Å². The highest BCUT2D eigenvalue weighted by Gasteiger charge is 2.14. The van der Waals surface area contributed by atoms with Crippen LogP contribution in [-0.2, 0) is 4.79 Å². The van der Waals surface area contributed by atoms with Crippen molar-refractivity contribution in [2.75, 3.05) is 5.32 Å². The molecule has 0 fully saturated rings. The minimum Gasteiger partial charge on any atom is -0.350 e. The number of carbonyl (C=O) groups is 1. The van der Waals surface area contributed by atoms with Crippen molar-refractivity contribution in [3.63, 3.8) is 0 Å². The van der Waals surface area contributed by atoms with E-state index in [2.05, 4.69) is 25.8 Å². The summed E-state index contributed by atoms with van der Waals surface area (Å²) in [5.41, 5.74) is 6.21. The maximum Gasteiger partial charge on any atom is 0.262 e. The Labute approximate surface area is 172 Å². The summed E-state index contributed by atoms with van der Waals surface area (Å²) in [5, 5.41) is 8.08. The van der Waals surface area contributed by atoms with Gasteiger partial charge in [-0.25, -0.2) is 15.4 Å². The number of hydrazone groups is 1. The van der Waals surface area contributed by atoms with Crippen LogP contribution in [0.25, 0.3) is 15.9 Å². The molecule has 2 aromatic heterocycles. The zero-order valence-corrected chi connectivity index (χ0v) is 16.9. The largest absolute Gasteiger partial charge is 0.350 e. The molecule has 29 heavy (non-hydrogen) atoms. The SMILES string of the molecule is C/C(=N/NC(=O)[C@H](C)Nc1nc2ccccc2s1)c1ccc(-n2ccnc2)cc1. The lowest BCUT2D eigenvalue weighted by Crippen LogP contribution is -2.35. The van der Waals surface area contributed by atoms with Gasteiger partial charge in [0.15, 0.2) is 5.13 Å². The van der Waals surface area contributed by atoms with Crippen molar-refractivity contribution in [1.82, 2.24) is 20.0 Å². The number of imidazole rings is 1. The van der Waals surface area contributed by atoms with Crippen LogP contribution in [0.4, 0.5) is 5.13 Å². The molecule has 1 amide bonds. The number of hydrogen-bond acceptors (Lipinski definition) is 6. The van der Waals surface area contributed by atoms with Gasteiger partial charge >= 0.3 is 0 Å². The Balaban J connectivity index is 1.37. The molecule has 7 nitrogen and oxygen atoms in total. The number of fused-ring (bicyclic) bond motifs is 1. The van der Waals surface area contributed by atoms with Gasteiger partial charge in [-0.05, 0) is 43.7 Å². The van der Waals surface area contributed by atoms with Crippen LogP contribution in [-0.4, -0.2) is 32.2 Å². The summed E-state index contributed by atoms with van der Waals surface area (Å²) in [7, 11) is 0. The highest BCUT2D eigenvalue weighted by atomic mass is 32.1. The Bertz CT molecular complexity index is 1110. The van der Waals surface area contributed by atoms with Crippen molar-refractivity contribution in [2.24, 2.45) is 5.10 Å². The van der Waals surface area contributed by atoms with Crippen molar-refractivity contribution in [3.8, 4) is 5.69 Å². The van der Waals surface area contributed by atoms with Gasteiger partial charge in [-0.1, -0.05) is 35.6 Å². The molecule has 0 saturated carbocycles. The second-order valence-electron chi connectivity index (χ2n) is 6.54. The van der Waals surface area contributed by atoms with E-state index in [4.69, 9.17) is 0 Å².